The smallest absolute Gasteiger partial charge is 0.222 e. The van der Waals surface area contributed by atoms with Crippen LogP contribution in [-0.2, 0) is 16.1 Å². The Balaban J connectivity index is 0.000000315. The van der Waals surface area contributed by atoms with Crippen molar-refractivity contribution in [3.63, 3.8) is 0 Å². The van der Waals surface area contributed by atoms with Gasteiger partial charge in [0.2, 0.25) is 5.91 Å². The van der Waals surface area contributed by atoms with E-state index in [-0.39, 0.29) is 5.91 Å². The van der Waals surface area contributed by atoms with Crippen LogP contribution in [0.5, 0.6) is 0 Å². The maximum absolute atomic E-state index is 11.4. The number of unbranched alkanes of at least 4 members (excludes halogenated alkanes) is 2. The molecule has 0 saturated carbocycles. The molecule has 0 bridgehead atoms. The van der Waals surface area contributed by atoms with Gasteiger partial charge >= 0.3 is 0 Å². The average molecular weight is 286 g/mol. The molecule has 0 atom stereocenters. The van der Waals surface area contributed by atoms with Crippen molar-refractivity contribution < 1.29 is 9.59 Å². The maximum atomic E-state index is 11.4. The molecular weight excluding hydrogens is 264 g/mol. The van der Waals surface area contributed by atoms with E-state index in [0.29, 0.717) is 18.5 Å². The van der Waals surface area contributed by atoms with E-state index in [4.69, 9.17) is 5.26 Å². The van der Waals surface area contributed by atoms with E-state index in [1.165, 1.54) is 0 Å². The fraction of sp³-hybridized carbons (Fsp3) is 0.471. The van der Waals surface area contributed by atoms with Gasteiger partial charge in [-0.25, -0.2) is 0 Å². The summed E-state index contributed by atoms with van der Waals surface area (Å²) in [4.78, 5) is 22.8. The summed E-state index contributed by atoms with van der Waals surface area (Å²) in [5, 5.41) is 8.64. The van der Waals surface area contributed by atoms with Gasteiger partial charge in [-0.2, -0.15) is 5.26 Å². The van der Waals surface area contributed by atoms with Gasteiger partial charge in [-0.05, 0) is 30.5 Å². The Kier molecular flexibility index (Phi) is 7.81. The summed E-state index contributed by atoms with van der Waals surface area (Å²) in [6.45, 7) is 3.60. The third-order valence-corrected chi connectivity index (χ3v) is 3.30. The highest BCUT2D eigenvalue weighted by molar-refractivity contribution is 5.78. The number of nitrogens with zero attached hydrogens (tertiary/aromatic N) is 2. The first-order valence-electron chi connectivity index (χ1n) is 7.41. The quantitative estimate of drug-likeness (QED) is 0.617. The summed E-state index contributed by atoms with van der Waals surface area (Å²) in [5.74, 6) is 0.236. The number of nitriles is 1. The van der Waals surface area contributed by atoms with Crippen molar-refractivity contribution in [1.29, 1.82) is 5.26 Å². The second-order valence-corrected chi connectivity index (χ2v) is 5.04. The van der Waals surface area contributed by atoms with Gasteiger partial charge in [0.15, 0.2) is 0 Å². The lowest BCUT2D eigenvalue weighted by Crippen LogP contribution is -2.23. The molecule has 2 rings (SSSR count). The second kappa shape index (κ2) is 9.71. The zero-order valence-corrected chi connectivity index (χ0v) is 12.5. The van der Waals surface area contributed by atoms with Crippen LogP contribution in [0.15, 0.2) is 24.3 Å². The number of benzene rings is 1. The first-order chi connectivity index (χ1) is 10.2. The number of carbonyl (C=O) groups is 2. The summed E-state index contributed by atoms with van der Waals surface area (Å²) in [7, 11) is 0. The van der Waals surface area contributed by atoms with E-state index in [9.17, 15) is 9.59 Å². The Morgan fingerprint density at radius 2 is 2.05 bits per heavy atom. The molecule has 1 aliphatic heterocycles. The molecule has 0 unspecified atom stereocenters. The van der Waals surface area contributed by atoms with Gasteiger partial charge in [0.05, 0.1) is 11.6 Å². The molecule has 0 spiro atoms. The minimum absolute atomic E-state index is 0.236. The Morgan fingerprint density at radius 3 is 2.48 bits per heavy atom. The van der Waals surface area contributed by atoms with Crippen molar-refractivity contribution in [3.05, 3.63) is 35.4 Å². The number of likely N-dealkylation sites (tertiary alicyclic amines) is 1. The van der Waals surface area contributed by atoms with Crippen LogP contribution in [-0.4, -0.2) is 23.6 Å². The first kappa shape index (κ1) is 16.9. The lowest BCUT2D eigenvalue weighted by atomic mass is 10.1. The number of amides is 1. The Morgan fingerprint density at radius 1 is 1.33 bits per heavy atom. The van der Waals surface area contributed by atoms with Crippen LogP contribution in [0.25, 0.3) is 0 Å². The summed E-state index contributed by atoms with van der Waals surface area (Å²) < 4.78 is 0. The molecule has 1 heterocycles. The van der Waals surface area contributed by atoms with Gasteiger partial charge in [-0.15, -0.1) is 0 Å². The van der Waals surface area contributed by atoms with Crippen molar-refractivity contribution in [1.82, 2.24) is 4.90 Å². The summed E-state index contributed by atoms with van der Waals surface area (Å²) in [5.41, 5.74) is 1.75. The number of hydrogen-bond donors (Lipinski definition) is 0. The molecule has 4 heteroatoms. The highest BCUT2D eigenvalue weighted by Gasteiger charge is 2.19. The minimum Gasteiger partial charge on any atom is -0.338 e. The number of aldehydes is 1. The fourth-order valence-electron chi connectivity index (χ4n) is 2.06. The van der Waals surface area contributed by atoms with Crippen LogP contribution in [0.1, 0.15) is 50.2 Å². The molecule has 0 radical (unpaired) electrons. The zero-order valence-electron chi connectivity index (χ0n) is 12.5. The molecule has 0 N–H and O–H groups in total. The largest absolute Gasteiger partial charge is 0.338 e. The number of rotatable bonds is 5. The van der Waals surface area contributed by atoms with Crippen LogP contribution in [0.2, 0.25) is 0 Å². The molecule has 1 saturated heterocycles. The molecular formula is C17H22N2O2. The van der Waals surface area contributed by atoms with Crippen molar-refractivity contribution in [2.75, 3.05) is 6.54 Å². The molecule has 0 aromatic heterocycles. The van der Waals surface area contributed by atoms with Crippen LogP contribution < -0.4 is 0 Å². The number of carbonyl (C=O) groups excluding carboxylic acids is 2. The predicted octanol–water partition coefficient (Wildman–Crippen LogP) is 3.06. The van der Waals surface area contributed by atoms with Crippen LogP contribution >= 0.6 is 0 Å². The van der Waals surface area contributed by atoms with E-state index in [2.05, 4.69) is 13.0 Å². The van der Waals surface area contributed by atoms with Crippen molar-refractivity contribution >= 4 is 12.2 Å². The summed E-state index contributed by atoms with van der Waals surface area (Å²) in [6.07, 6.45) is 5.51. The Hall–Kier alpha value is -2.15. The SMILES string of the molecule is CCCCC=O.N#Cc1ccc(CN2CCCC2=O)cc1. The molecule has 112 valence electrons. The predicted molar refractivity (Wildman–Crippen MR) is 81.4 cm³/mol. The normalized spacial score (nSPS) is 13.3. The monoisotopic (exact) mass is 286 g/mol. The van der Waals surface area contributed by atoms with E-state index >= 15 is 0 Å². The molecule has 1 aromatic carbocycles. The third kappa shape index (κ3) is 6.22. The average Bonchev–Trinajstić information content (AvgIpc) is 2.92. The molecule has 1 aromatic rings. The van der Waals surface area contributed by atoms with Crippen molar-refractivity contribution in [2.45, 2.75) is 45.6 Å². The zero-order chi connectivity index (χ0) is 15.5. The maximum Gasteiger partial charge on any atom is 0.222 e. The Bertz CT molecular complexity index is 489. The summed E-state index contributed by atoms with van der Waals surface area (Å²) >= 11 is 0. The van der Waals surface area contributed by atoms with Gasteiger partial charge < -0.3 is 9.69 Å². The lowest BCUT2D eigenvalue weighted by molar-refractivity contribution is -0.128. The Labute approximate surface area is 126 Å². The topological polar surface area (TPSA) is 61.2 Å². The fourth-order valence-corrected chi connectivity index (χ4v) is 2.06. The third-order valence-electron chi connectivity index (χ3n) is 3.30. The number of hydrogen-bond acceptors (Lipinski definition) is 3. The molecule has 0 aliphatic carbocycles. The van der Waals surface area contributed by atoms with Gasteiger partial charge in [-0.3, -0.25) is 4.79 Å². The van der Waals surface area contributed by atoms with E-state index in [1.54, 1.807) is 12.1 Å². The van der Waals surface area contributed by atoms with Gasteiger partial charge in [0.1, 0.15) is 6.29 Å². The van der Waals surface area contributed by atoms with Gasteiger partial charge in [0.25, 0.3) is 0 Å². The minimum atomic E-state index is 0.236. The standard InChI is InChI=1S/C12H12N2O.C5H10O/c13-8-10-3-5-11(6-4-10)9-14-7-1-2-12(14)15;1-2-3-4-5-6/h3-6H,1-2,7,9H2;5H,2-4H2,1H3. The molecule has 1 aliphatic rings. The molecule has 21 heavy (non-hydrogen) atoms. The van der Waals surface area contributed by atoms with Crippen LogP contribution in [0, 0.1) is 11.3 Å². The van der Waals surface area contributed by atoms with Crippen molar-refractivity contribution in [2.24, 2.45) is 0 Å². The van der Waals surface area contributed by atoms with E-state index in [0.717, 1.165) is 44.1 Å². The second-order valence-electron chi connectivity index (χ2n) is 5.04. The lowest BCUT2D eigenvalue weighted by Gasteiger charge is -2.15. The molecule has 4 nitrogen and oxygen atoms in total. The highest BCUT2D eigenvalue weighted by atomic mass is 16.2. The van der Waals surface area contributed by atoms with Gasteiger partial charge in [-0.1, -0.05) is 25.5 Å². The van der Waals surface area contributed by atoms with Crippen molar-refractivity contribution in [3.8, 4) is 6.07 Å². The first-order valence-corrected chi connectivity index (χ1v) is 7.41. The highest BCUT2D eigenvalue weighted by Crippen LogP contribution is 2.14. The van der Waals surface area contributed by atoms with Crippen LogP contribution in [0.4, 0.5) is 0 Å². The summed E-state index contributed by atoms with van der Waals surface area (Å²) in [6, 6.07) is 9.46. The van der Waals surface area contributed by atoms with Gasteiger partial charge in [0, 0.05) is 25.9 Å². The van der Waals surface area contributed by atoms with E-state index in [1.807, 2.05) is 17.0 Å². The van der Waals surface area contributed by atoms with Crippen LogP contribution in [0.3, 0.4) is 0 Å². The molecule has 1 fully saturated rings. The molecule has 1 amide bonds. The van der Waals surface area contributed by atoms with E-state index < -0.39 is 0 Å².